The quantitative estimate of drug-likeness (QED) is 0.832. The van der Waals surface area contributed by atoms with Crippen LogP contribution in [0.5, 0.6) is 0 Å². The molecule has 0 bridgehead atoms. The first-order chi connectivity index (χ1) is 8.02. The molecule has 1 N–H and O–H groups in total. The van der Waals surface area contributed by atoms with Gasteiger partial charge in [0.15, 0.2) is 0 Å². The Bertz CT molecular complexity index is 352. The van der Waals surface area contributed by atoms with Gasteiger partial charge in [-0.3, -0.25) is 0 Å². The molecule has 1 rings (SSSR count). The van der Waals surface area contributed by atoms with Crippen molar-refractivity contribution in [3.63, 3.8) is 0 Å². The minimum atomic E-state index is -0.197. The van der Waals surface area contributed by atoms with Crippen molar-refractivity contribution in [2.45, 2.75) is 39.7 Å². The number of likely N-dealkylation sites (N-methyl/N-ethyl adjacent to an activating group) is 1. The van der Waals surface area contributed by atoms with Crippen LogP contribution in [0.1, 0.15) is 32.8 Å². The Labute approximate surface area is 112 Å². The number of nitrogens with one attached hydrogen (secondary N) is 1. The van der Waals surface area contributed by atoms with Gasteiger partial charge in [-0.1, -0.05) is 26.8 Å². The van der Waals surface area contributed by atoms with Crippen molar-refractivity contribution in [2.75, 3.05) is 6.54 Å². The van der Waals surface area contributed by atoms with Crippen LogP contribution in [0, 0.1) is 11.7 Å². The maximum absolute atomic E-state index is 13.1. The van der Waals surface area contributed by atoms with Crippen molar-refractivity contribution in [3.8, 4) is 0 Å². The Morgan fingerprint density at radius 3 is 2.59 bits per heavy atom. The van der Waals surface area contributed by atoms with Gasteiger partial charge in [-0.15, -0.1) is 0 Å². The number of benzene rings is 1. The van der Waals surface area contributed by atoms with E-state index in [9.17, 15) is 4.39 Å². The summed E-state index contributed by atoms with van der Waals surface area (Å²) in [4.78, 5) is 0. The zero-order valence-corrected chi connectivity index (χ0v) is 12.3. The average molecular weight is 302 g/mol. The van der Waals surface area contributed by atoms with Crippen molar-refractivity contribution in [1.29, 1.82) is 0 Å². The molecule has 1 unspecified atom stereocenters. The van der Waals surface area contributed by atoms with E-state index in [1.807, 2.05) is 12.1 Å². The molecule has 0 heterocycles. The van der Waals surface area contributed by atoms with Crippen molar-refractivity contribution in [1.82, 2.24) is 5.32 Å². The van der Waals surface area contributed by atoms with Gasteiger partial charge in [0.1, 0.15) is 5.82 Å². The van der Waals surface area contributed by atoms with Crippen LogP contribution in [0.4, 0.5) is 4.39 Å². The van der Waals surface area contributed by atoms with Gasteiger partial charge in [-0.2, -0.15) is 0 Å². The summed E-state index contributed by atoms with van der Waals surface area (Å²) in [5.74, 6) is 0.473. The van der Waals surface area contributed by atoms with E-state index in [0.717, 1.165) is 19.4 Å². The molecule has 96 valence electrons. The van der Waals surface area contributed by atoms with Crippen LogP contribution in [0.25, 0.3) is 0 Å². The Balaban J connectivity index is 2.67. The summed E-state index contributed by atoms with van der Waals surface area (Å²) in [6.07, 6.45) is 2.09. The Morgan fingerprint density at radius 1 is 1.35 bits per heavy atom. The highest BCUT2D eigenvalue weighted by molar-refractivity contribution is 9.10. The summed E-state index contributed by atoms with van der Waals surface area (Å²) >= 11 is 3.23. The molecule has 1 aromatic carbocycles. The lowest BCUT2D eigenvalue weighted by molar-refractivity contribution is 0.423. The van der Waals surface area contributed by atoms with Crippen LogP contribution in [0.15, 0.2) is 22.7 Å². The van der Waals surface area contributed by atoms with Gasteiger partial charge in [0.2, 0.25) is 0 Å². The highest BCUT2D eigenvalue weighted by Crippen LogP contribution is 2.19. The predicted molar refractivity (Wildman–Crippen MR) is 74.7 cm³/mol. The zero-order chi connectivity index (χ0) is 12.8. The van der Waals surface area contributed by atoms with Crippen LogP contribution in [-0.4, -0.2) is 12.6 Å². The first-order valence-corrected chi connectivity index (χ1v) is 6.99. The SMILES string of the molecule is CCNC(Cc1ccc(F)c(Br)c1)CC(C)C. The van der Waals surface area contributed by atoms with E-state index in [2.05, 4.69) is 42.0 Å². The lowest BCUT2D eigenvalue weighted by Gasteiger charge is -2.20. The third-order valence-corrected chi connectivity index (χ3v) is 3.32. The molecule has 17 heavy (non-hydrogen) atoms. The number of hydrogen-bond donors (Lipinski definition) is 1. The van der Waals surface area contributed by atoms with Crippen LogP contribution < -0.4 is 5.32 Å². The fourth-order valence-corrected chi connectivity index (χ4v) is 2.47. The van der Waals surface area contributed by atoms with Crippen molar-refractivity contribution in [3.05, 3.63) is 34.1 Å². The molecule has 0 saturated carbocycles. The van der Waals surface area contributed by atoms with Crippen LogP contribution in [0.2, 0.25) is 0 Å². The molecule has 0 aliphatic carbocycles. The molecule has 0 amide bonds. The summed E-state index contributed by atoms with van der Waals surface area (Å²) in [5, 5.41) is 3.49. The van der Waals surface area contributed by atoms with Gasteiger partial charge in [-0.05, 0) is 58.9 Å². The van der Waals surface area contributed by atoms with E-state index in [1.165, 1.54) is 11.6 Å². The van der Waals surface area contributed by atoms with Crippen molar-refractivity contribution in [2.24, 2.45) is 5.92 Å². The van der Waals surface area contributed by atoms with Crippen LogP contribution in [0.3, 0.4) is 0 Å². The molecule has 0 aliphatic rings. The third-order valence-electron chi connectivity index (χ3n) is 2.71. The molecule has 0 radical (unpaired) electrons. The molecule has 0 aliphatic heterocycles. The van der Waals surface area contributed by atoms with Crippen molar-refractivity contribution >= 4 is 15.9 Å². The normalized spacial score (nSPS) is 13.1. The smallest absolute Gasteiger partial charge is 0.137 e. The van der Waals surface area contributed by atoms with Gasteiger partial charge >= 0.3 is 0 Å². The zero-order valence-electron chi connectivity index (χ0n) is 10.8. The summed E-state index contributed by atoms with van der Waals surface area (Å²) in [5.41, 5.74) is 1.17. The van der Waals surface area contributed by atoms with Gasteiger partial charge in [0, 0.05) is 6.04 Å². The van der Waals surface area contributed by atoms with E-state index >= 15 is 0 Å². The fraction of sp³-hybridized carbons (Fsp3) is 0.571. The molecule has 1 nitrogen and oxygen atoms in total. The second-order valence-electron chi connectivity index (χ2n) is 4.84. The van der Waals surface area contributed by atoms with Crippen LogP contribution >= 0.6 is 15.9 Å². The molecule has 0 fully saturated rings. The predicted octanol–water partition coefficient (Wildman–Crippen LogP) is 4.15. The lowest BCUT2D eigenvalue weighted by Crippen LogP contribution is -2.32. The first kappa shape index (κ1) is 14.7. The summed E-state index contributed by atoms with van der Waals surface area (Å²) < 4.78 is 13.7. The lowest BCUT2D eigenvalue weighted by atomic mass is 9.97. The molecular formula is C14H21BrFN. The minimum absolute atomic E-state index is 0.197. The van der Waals surface area contributed by atoms with Gasteiger partial charge in [-0.25, -0.2) is 4.39 Å². The Morgan fingerprint density at radius 2 is 2.06 bits per heavy atom. The average Bonchev–Trinajstić information content (AvgIpc) is 2.23. The molecule has 0 spiro atoms. The van der Waals surface area contributed by atoms with E-state index in [1.54, 1.807) is 0 Å². The Hall–Kier alpha value is -0.410. The summed E-state index contributed by atoms with van der Waals surface area (Å²) in [6, 6.07) is 5.74. The molecule has 0 aromatic heterocycles. The van der Waals surface area contributed by atoms with E-state index in [4.69, 9.17) is 0 Å². The molecule has 1 atom stereocenters. The fourth-order valence-electron chi connectivity index (χ4n) is 2.05. The number of halogens is 2. The van der Waals surface area contributed by atoms with E-state index < -0.39 is 0 Å². The largest absolute Gasteiger partial charge is 0.314 e. The highest BCUT2D eigenvalue weighted by Gasteiger charge is 2.11. The summed E-state index contributed by atoms with van der Waals surface area (Å²) in [6.45, 7) is 7.55. The van der Waals surface area contributed by atoms with E-state index in [-0.39, 0.29) is 5.82 Å². The van der Waals surface area contributed by atoms with Gasteiger partial charge in [0.05, 0.1) is 4.47 Å². The molecule has 1 aromatic rings. The molecule has 0 saturated heterocycles. The highest BCUT2D eigenvalue weighted by atomic mass is 79.9. The van der Waals surface area contributed by atoms with E-state index in [0.29, 0.717) is 16.4 Å². The van der Waals surface area contributed by atoms with Gasteiger partial charge in [0.25, 0.3) is 0 Å². The first-order valence-electron chi connectivity index (χ1n) is 6.20. The number of rotatable bonds is 6. The molecule has 3 heteroatoms. The maximum Gasteiger partial charge on any atom is 0.137 e. The second-order valence-corrected chi connectivity index (χ2v) is 5.69. The Kier molecular flexibility index (Phi) is 6.14. The third kappa shape index (κ3) is 5.17. The number of hydrogen-bond acceptors (Lipinski definition) is 1. The maximum atomic E-state index is 13.1. The minimum Gasteiger partial charge on any atom is -0.314 e. The molecular weight excluding hydrogens is 281 g/mol. The van der Waals surface area contributed by atoms with Crippen LogP contribution in [-0.2, 0) is 6.42 Å². The topological polar surface area (TPSA) is 12.0 Å². The van der Waals surface area contributed by atoms with Crippen molar-refractivity contribution < 1.29 is 4.39 Å². The monoisotopic (exact) mass is 301 g/mol. The van der Waals surface area contributed by atoms with Gasteiger partial charge < -0.3 is 5.32 Å². The second kappa shape index (κ2) is 7.12. The summed E-state index contributed by atoms with van der Waals surface area (Å²) in [7, 11) is 0. The standard InChI is InChI=1S/C14H21BrFN/c1-4-17-12(7-10(2)3)8-11-5-6-14(16)13(15)9-11/h5-6,9-10,12,17H,4,7-8H2,1-3H3.